The van der Waals surface area contributed by atoms with Crippen molar-refractivity contribution in [2.75, 3.05) is 25.9 Å². The Kier molecular flexibility index (Phi) is 7.99. The van der Waals surface area contributed by atoms with E-state index in [1.807, 2.05) is 18.2 Å². The first-order valence-electron chi connectivity index (χ1n) is 12.2. The molecule has 0 unspecified atom stereocenters. The number of rotatable bonds is 10. The van der Waals surface area contributed by atoms with Gasteiger partial charge in [0.1, 0.15) is 23.8 Å². The Morgan fingerprint density at radius 1 is 1.21 bits per heavy atom. The molecule has 0 atom stereocenters. The Morgan fingerprint density at radius 2 is 2.03 bits per heavy atom. The summed E-state index contributed by atoms with van der Waals surface area (Å²) in [6, 6.07) is 12.7. The Morgan fingerprint density at radius 3 is 2.77 bits per heavy atom. The molecule has 2 aromatic heterocycles. The Balaban J connectivity index is 1.33. The highest BCUT2D eigenvalue weighted by molar-refractivity contribution is 6.32. The van der Waals surface area contributed by atoms with Gasteiger partial charge in [-0.2, -0.15) is 9.78 Å². The standard InChI is InChI=1S/C25H26ClN9O4/c1-37-20-9-8-16(12-17(20)15-38-21-7-3-2-6-18(21)26)13-28-30-25(36)22-19(14-34-10-4-5-11-34)29-33-35(22)24-23(27)31-39-32-24/h2-3,6-9,12-13H,4-5,10-11,14-15H2,1H3,(H2,27,31)(H,30,36)/b28-13+. The summed E-state index contributed by atoms with van der Waals surface area (Å²) >= 11 is 6.20. The smallest absolute Gasteiger partial charge is 0.292 e. The molecule has 2 aromatic carbocycles. The van der Waals surface area contributed by atoms with Crippen LogP contribution in [0, 0.1) is 0 Å². The molecule has 0 spiro atoms. The van der Waals surface area contributed by atoms with Crippen molar-refractivity contribution in [3.05, 3.63) is 70.0 Å². The van der Waals surface area contributed by atoms with Crippen molar-refractivity contribution >= 4 is 29.5 Å². The van der Waals surface area contributed by atoms with Gasteiger partial charge >= 0.3 is 0 Å². The molecule has 14 heteroatoms. The van der Waals surface area contributed by atoms with Gasteiger partial charge in [0.2, 0.25) is 11.6 Å². The Bertz CT molecular complexity index is 1480. The van der Waals surface area contributed by atoms with E-state index in [-0.39, 0.29) is 23.9 Å². The van der Waals surface area contributed by atoms with Gasteiger partial charge in [0.25, 0.3) is 5.91 Å². The van der Waals surface area contributed by atoms with E-state index in [4.69, 9.17) is 26.8 Å². The number of nitrogen functional groups attached to an aromatic ring is 1. The van der Waals surface area contributed by atoms with Gasteiger partial charge in [0.05, 0.1) is 18.3 Å². The Hall–Kier alpha value is -4.49. The average molecular weight is 552 g/mol. The number of ether oxygens (including phenoxy) is 2. The van der Waals surface area contributed by atoms with Gasteiger partial charge in [-0.1, -0.05) is 28.9 Å². The van der Waals surface area contributed by atoms with Crippen molar-refractivity contribution in [1.29, 1.82) is 0 Å². The molecule has 0 aliphatic carbocycles. The molecule has 3 N–H and O–H groups in total. The van der Waals surface area contributed by atoms with Crippen molar-refractivity contribution in [1.82, 2.24) is 35.6 Å². The van der Waals surface area contributed by atoms with Gasteiger partial charge in [0.15, 0.2) is 5.69 Å². The summed E-state index contributed by atoms with van der Waals surface area (Å²) in [5.74, 6) is 0.718. The number of carbonyl (C=O) groups is 1. The first-order valence-corrected chi connectivity index (χ1v) is 12.5. The molecule has 5 rings (SSSR count). The van der Waals surface area contributed by atoms with Crippen molar-refractivity contribution in [2.24, 2.45) is 5.10 Å². The number of para-hydroxylation sites is 1. The summed E-state index contributed by atoms with van der Waals surface area (Å²) in [6.07, 6.45) is 3.69. The lowest BCUT2D eigenvalue weighted by atomic mass is 10.1. The predicted octanol–water partition coefficient (Wildman–Crippen LogP) is 2.83. The lowest BCUT2D eigenvalue weighted by molar-refractivity contribution is 0.0945. The zero-order valence-electron chi connectivity index (χ0n) is 21.1. The van der Waals surface area contributed by atoms with E-state index in [9.17, 15) is 4.79 Å². The predicted molar refractivity (Wildman–Crippen MR) is 142 cm³/mol. The van der Waals surface area contributed by atoms with E-state index < -0.39 is 5.91 Å². The minimum absolute atomic E-state index is 0.0186. The zero-order chi connectivity index (χ0) is 27.2. The second kappa shape index (κ2) is 11.9. The lowest BCUT2D eigenvalue weighted by Gasteiger charge is -2.13. The number of halogens is 1. The second-order valence-electron chi connectivity index (χ2n) is 8.74. The number of carbonyl (C=O) groups excluding carboxylic acids is 1. The highest BCUT2D eigenvalue weighted by Crippen LogP contribution is 2.27. The molecular formula is C25H26ClN9O4. The van der Waals surface area contributed by atoms with Gasteiger partial charge in [-0.3, -0.25) is 9.69 Å². The lowest BCUT2D eigenvalue weighted by Crippen LogP contribution is -2.26. The van der Waals surface area contributed by atoms with E-state index in [1.165, 1.54) is 10.9 Å². The monoisotopic (exact) mass is 551 g/mol. The van der Waals surface area contributed by atoms with Gasteiger partial charge in [0, 0.05) is 12.1 Å². The highest BCUT2D eigenvalue weighted by atomic mass is 35.5. The number of likely N-dealkylation sites (tertiary alicyclic amines) is 1. The van der Waals surface area contributed by atoms with Crippen molar-refractivity contribution < 1.29 is 18.9 Å². The minimum Gasteiger partial charge on any atom is -0.496 e. The summed E-state index contributed by atoms with van der Waals surface area (Å²) in [5, 5.41) is 20.3. The van der Waals surface area contributed by atoms with Gasteiger partial charge in [-0.15, -0.1) is 5.10 Å². The Labute approximate surface area is 228 Å². The molecule has 39 heavy (non-hydrogen) atoms. The molecule has 1 amide bonds. The van der Waals surface area contributed by atoms with Crippen LogP contribution in [-0.2, 0) is 13.2 Å². The van der Waals surface area contributed by atoms with Crippen LogP contribution >= 0.6 is 11.6 Å². The quantitative estimate of drug-likeness (QED) is 0.221. The number of nitrogens with zero attached hydrogens (tertiary/aromatic N) is 7. The summed E-state index contributed by atoms with van der Waals surface area (Å²) < 4.78 is 17.2. The fraction of sp³-hybridized carbons (Fsp3) is 0.280. The van der Waals surface area contributed by atoms with Crippen LogP contribution in [0.15, 0.2) is 52.2 Å². The van der Waals surface area contributed by atoms with E-state index in [0.717, 1.165) is 31.5 Å². The van der Waals surface area contributed by atoms with E-state index in [2.05, 4.69) is 40.7 Å². The molecule has 0 saturated carbocycles. The van der Waals surface area contributed by atoms with Crippen LogP contribution in [0.1, 0.15) is 40.2 Å². The van der Waals surface area contributed by atoms with Crippen LogP contribution in [0.3, 0.4) is 0 Å². The summed E-state index contributed by atoms with van der Waals surface area (Å²) in [6.45, 7) is 2.50. The van der Waals surface area contributed by atoms with Crippen LogP contribution in [0.2, 0.25) is 5.02 Å². The van der Waals surface area contributed by atoms with Gasteiger partial charge in [-0.05, 0) is 72.1 Å². The molecule has 202 valence electrons. The molecule has 1 aliphatic heterocycles. The first kappa shape index (κ1) is 26.1. The summed E-state index contributed by atoms with van der Waals surface area (Å²) in [7, 11) is 1.58. The number of aromatic nitrogens is 5. The number of benzene rings is 2. The molecule has 0 radical (unpaired) electrons. The number of hydrazone groups is 1. The molecule has 3 heterocycles. The van der Waals surface area contributed by atoms with Gasteiger partial charge < -0.3 is 15.2 Å². The molecule has 1 aliphatic rings. The van der Waals surface area contributed by atoms with E-state index in [0.29, 0.717) is 34.3 Å². The van der Waals surface area contributed by atoms with Crippen LogP contribution in [0.5, 0.6) is 11.5 Å². The van der Waals surface area contributed by atoms with E-state index in [1.54, 1.807) is 31.4 Å². The number of hydrogen-bond acceptors (Lipinski definition) is 11. The number of methoxy groups -OCH3 is 1. The van der Waals surface area contributed by atoms with Crippen molar-refractivity contribution in [3.8, 4) is 17.3 Å². The normalized spacial score (nSPS) is 13.7. The van der Waals surface area contributed by atoms with Crippen LogP contribution in [-0.4, -0.2) is 62.5 Å². The average Bonchev–Trinajstić information content (AvgIpc) is 3.70. The third-order valence-electron chi connectivity index (χ3n) is 6.13. The number of anilines is 1. The molecule has 4 aromatic rings. The van der Waals surface area contributed by atoms with Gasteiger partial charge in [-0.25, -0.2) is 10.1 Å². The number of nitrogens with two attached hydrogens (primary N) is 1. The van der Waals surface area contributed by atoms with Crippen LogP contribution in [0.25, 0.3) is 5.82 Å². The third-order valence-corrected chi connectivity index (χ3v) is 6.44. The van der Waals surface area contributed by atoms with E-state index >= 15 is 0 Å². The minimum atomic E-state index is -0.538. The zero-order valence-corrected chi connectivity index (χ0v) is 21.8. The molecule has 0 bridgehead atoms. The molecule has 1 fully saturated rings. The maximum atomic E-state index is 13.3. The molecule has 13 nitrogen and oxygen atoms in total. The maximum Gasteiger partial charge on any atom is 0.292 e. The maximum absolute atomic E-state index is 13.3. The number of hydrogen-bond donors (Lipinski definition) is 2. The summed E-state index contributed by atoms with van der Waals surface area (Å²) in [5.41, 5.74) is 10.5. The molecular weight excluding hydrogens is 526 g/mol. The van der Waals surface area contributed by atoms with Crippen LogP contribution < -0.4 is 20.6 Å². The topological polar surface area (TPSA) is 159 Å². The fourth-order valence-electron chi connectivity index (χ4n) is 4.21. The van der Waals surface area contributed by atoms with Crippen molar-refractivity contribution in [2.45, 2.75) is 26.0 Å². The van der Waals surface area contributed by atoms with Crippen LogP contribution in [0.4, 0.5) is 5.82 Å². The van der Waals surface area contributed by atoms with Crippen molar-refractivity contribution in [3.63, 3.8) is 0 Å². The largest absolute Gasteiger partial charge is 0.496 e. The number of nitrogens with one attached hydrogen (secondary N) is 1. The number of amides is 1. The first-order chi connectivity index (χ1) is 19.0. The fourth-order valence-corrected chi connectivity index (χ4v) is 4.40. The second-order valence-corrected chi connectivity index (χ2v) is 9.15. The summed E-state index contributed by atoms with van der Waals surface area (Å²) in [4.78, 5) is 15.5. The highest BCUT2D eigenvalue weighted by Gasteiger charge is 2.26. The third kappa shape index (κ3) is 5.99. The molecule has 1 saturated heterocycles. The SMILES string of the molecule is COc1ccc(/C=N/NC(=O)c2c(CN3CCCC3)nnn2-c2nonc2N)cc1COc1ccccc1Cl.